The minimum atomic E-state index is -3.67. The number of rotatable bonds is 4. The molecule has 0 bridgehead atoms. The molecule has 1 unspecified atom stereocenters. The molecule has 5 nitrogen and oxygen atoms in total. The Hall–Kier alpha value is -1.18. The van der Waals surface area contributed by atoms with Crippen LogP contribution in [0.3, 0.4) is 0 Å². The van der Waals surface area contributed by atoms with Crippen molar-refractivity contribution in [2.24, 2.45) is 0 Å². The maximum absolute atomic E-state index is 12.4. The first-order chi connectivity index (χ1) is 8.18. The van der Waals surface area contributed by atoms with Crippen LogP contribution in [0, 0.1) is 5.82 Å². The van der Waals surface area contributed by atoms with Crippen LogP contribution >= 0.6 is 0 Å². The second-order valence-corrected chi connectivity index (χ2v) is 5.14. The highest BCUT2D eigenvalue weighted by Gasteiger charge is 1.97. The molecule has 0 fully saturated rings. The second kappa shape index (κ2) is 8.02. The van der Waals surface area contributed by atoms with Gasteiger partial charge in [-0.2, -0.15) is 8.42 Å². The van der Waals surface area contributed by atoms with E-state index in [1.54, 1.807) is 19.1 Å². The van der Waals surface area contributed by atoms with Gasteiger partial charge in [-0.1, -0.05) is 0 Å². The van der Waals surface area contributed by atoms with Crippen molar-refractivity contribution in [1.29, 1.82) is 0 Å². The van der Waals surface area contributed by atoms with Crippen LogP contribution in [-0.4, -0.2) is 37.0 Å². The number of hydrogen-bond donors (Lipinski definition) is 2. The van der Waals surface area contributed by atoms with Gasteiger partial charge in [0.05, 0.1) is 19.0 Å². The van der Waals surface area contributed by atoms with E-state index in [0.717, 1.165) is 0 Å². The Morgan fingerprint density at radius 2 is 1.78 bits per heavy atom. The molecule has 0 saturated carbocycles. The Balaban J connectivity index is 0.000000494. The van der Waals surface area contributed by atoms with Crippen LogP contribution in [0.1, 0.15) is 13.3 Å². The van der Waals surface area contributed by atoms with Gasteiger partial charge >= 0.3 is 0 Å². The summed E-state index contributed by atoms with van der Waals surface area (Å²) in [5.41, 5.74) is 0. The van der Waals surface area contributed by atoms with Crippen LogP contribution in [-0.2, 0) is 10.1 Å². The third kappa shape index (κ3) is 12.9. The van der Waals surface area contributed by atoms with E-state index in [4.69, 9.17) is 14.4 Å². The van der Waals surface area contributed by atoms with E-state index >= 15 is 0 Å². The zero-order valence-corrected chi connectivity index (χ0v) is 11.0. The smallest absolute Gasteiger partial charge is 0.261 e. The summed E-state index contributed by atoms with van der Waals surface area (Å²) in [6, 6.07) is 5.82. The molecule has 1 atom stereocenters. The van der Waals surface area contributed by atoms with Gasteiger partial charge in [0.2, 0.25) is 0 Å². The second-order valence-electron chi connectivity index (χ2n) is 3.67. The third-order valence-corrected chi connectivity index (χ3v) is 1.62. The van der Waals surface area contributed by atoms with Crippen molar-refractivity contribution in [3.05, 3.63) is 30.1 Å². The molecule has 2 N–H and O–H groups in total. The summed E-state index contributed by atoms with van der Waals surface area (Å²) in [6.45, 7) is 2.15. The molecule has 1 aromatic rings. The minimum absolute atomic E-state index is 0.275. The Kier molecular flexibility index (Phi) is 7.49. The first kappa shape index (κ1) is 16.8. The lowest BCUT2D eigenvalue weighted by atomic mass is 10.3. The van der Waals surface area contributed by atoms with Crippen molar-refractivity contribution in [3.63, 3.8) is 0 Å². The molecular weight excluding hydrogens is 263 g/mol. The fourth-order valence-electron chi connectivity index (χ4n) is 0.878. The quantitative estimate of drug-likeness (QED) is 0.816. The fourth-order valence-corrected chi connectivity index (χ4v) is 0.878. The molecule has 0 aliphatic carbocycles. The summed E-state index contributed by atoms with van der Waals surface area (Å²) in [4.78, 5) is 0. The van der Waals surface area contributed by atoms with Gasteiger partial charge in [0, 0.05) is 6.42 Å². The monoisotopic (exact) mass is 280 g/mol. The van der Waals surface area contributed by atoms with Gasteiger partial charge in [0.15, 0.2) is 0 Å². The minimum Gasteiger partial charge on any atom is -0.493 e. The van der Waals surface area contributed by atoms with E-state index in [0.29, 0.717) is 25.0 Å². The summed E-state index contributed by atoms with van der Waals surface area (Å²) in [7, 11) is -3.67. The van der Waals surface area contributed by atoms with Gasteiger partial charge in [-0.15, -0.1) is 0 Å². The van der Waals surface area contributed by atoms with Crippen LogP contribution in [0.15, 0.2) is 24.3 Å². The van der Waals surface area contributed by atoms with Gasteiger partial charge < -0.3 is 9.84 Å². The van der Waals surface area contributed by atoms with Crippen molar-refractivity contribution in [3.8, 4) is 5.75 Å². The Morgan fingerprint density at radius 3 is 2.17 bits per heavy atom. The standard InChI is InChI=1S/C10H13FO2.CH4O3S/c1-8(12)6-7-13-10-4-2-9(11)3-5-10;1-5(2,3)4/h2-5,8,12H,6-7H2,1H3;1H3,(H,2,3,4). The first-order valence-electron chi connectivity index (χ1n) is 5.17. The summed E-state index contributed by atoms with van der Waals surface area (Å²) >= 11 is 0. The Bertz CT molecular complexity index is 419. The first-order valence-corrected chi connectivity index (χ1v) is 7.02. The summed E-state index contributed by atoms with van der Waals surface area (Å²) in [5.74, 6) is 0.352. The molecule has 0 amide bonds. The molecule has 18 heavy (non-hydrogen) atoms. The van der Waals surface area contributed by atoms with Gasteiger partial charge in [-0.25, -0.2) is 4.39 Å². The van der Waals surface area contributed by atoms with Crippen molar-refractivity contribution in [1.82, 2.24) is 0 Å². The highest BCUT2D eigenvalue weighted by molar-refractivity contribution is 7.85. The van der Waals surface area contributed by atoms with Crippen LogP contribution in [0.2, 0.25) is 0 Å². The summed E-state index contributed by atoms with van der Waals surface area (Å²) < 4.78 is 43.6. The number of ether oxygens (including phenoxy) is 1. The molecule has 104 valence electrons. The van der Waals surface area contributed by atoms with E-state index in [9.17, 15) is 12.8 Å². The van der Waals surface area contributed by atoms with Crippen molar-refractivity contribution in [2.45, 2.75) is 19.4 Å². The lowest BCUT2D eigenvalue weighted by Crippen LogP contribution is -2.07. The molecular formula is C11H17FO5S. The highest BCUT2D eigenvalue weighted by Crippen LogP contribution is 2.11. The summed E-state index contributed by atoms with van der Waals surface area (Å²) in [5, 5.41) is 8.93. The van der Waals surface area contributed by atoms with Gasteiger partial charge in [0.25, 0.3) is 10.1 Å². The van der Waals surface area contributed by atoms with Crippen LogP contribution < -0.4 is 4.74 Å². The van der Waals surface area contributed by atoms with Crippen LogP contribution in [0.25, 0.3) is 0 Å². The van der Waals surface area contributed by atoms with E-state index in [2.05, 4.69) is 0 Å². The van der Waals surface area contributed by atoms with Gasteiger partial charge in [-0.3, -0.25) is 4.55 Å². The molecule has 0 aromatic heterocycles. The van der Waals surface area contributed by atoms with Crippen molar-refractivity contribution >= 4 is 10.1 Å². The van der Waals surface area contributed by atoms with Crippen molar-refractivity contribution in [2.75, 3.05) is 12.9 Å². The number of benzene rings is 1. The number of halogens is 1. The van der Waals surface area contributed by atoms with E-state index in [1.165, 1.54) is 12.1 Å². The lowest BCUT2D eigenvalue weighted by Gasteiger charge is -2.06. The Morgan fingerprint density at radius 1 is 1.33 bits per heavy atom. The molecule has 0 heterocycles. The molecule has 0 aliphatic rings. The predicted octanol–water partition coefficient (Wildman–Crippen LogP) is 1.48. The fraction of sp³-hybridized carbons (Fsp3) is 0.455. The van der Waals surface area contributed by atoms with Crippen LogP contribution in [0.5, 0.6) is 5.75 Å². The number of hydrogen-bond acceptors (Lipinski definition) is 4. The normalized spacial score (nSPS) is 12.3. The van der Waals surface area contributed by atoms with Crippen LogP contribution in [0.4, 0.5) is 4.39 Å². The Labute approximate surface area is 106 Å². The average molecular weight is 280 g/mol. The number of aliphatic hydroxyl groups excluding tert-OH is 1. The zero-order chi connectivity index (χ0) is 14.2. The molecule has 0 radical (unpaired) electrons. The molecule has 0 saturated heterocycles. The van der Waals surface area contributed by atoms with E-state index in [1.807, 2.05) is 0 Å². The average Bonchev–Trinajstić information content (AvgIpc) is 2.18. The van der Waals surface area contributed by atoms with Crippen molar-refractivity contribution < 1.29 is 27.2 Å². The van der Waals surface area contributed by atoms with E-state index < -0.39 is 10.1 Å². The number of aliphatic hydroxyl groups is 1. The lowest BCUT2D eigenvalue weighted by molar-refractivity contribution is 0.155. The molecule has 7 heteroatoms. The molecule has 1 rings (SSSR count). The maximum Gasteiger partial charge on any atom is 0.261 e. The van der Waals surface area contributed by atoms with E-state index in [-0.39, 0.29) is 11.9 Å². The topological polar surface area (TPSA) is 83.8 Å². The molecule has 0 spiro atoms. The third-order valence-electron chi connectivity index (χ3n) is 1.62. The van der Waals surface area contributed by atoms with Gasteiger partial charge in [0.1, 0.15) is 11.6 Å². The predicted molar refractivity (Wildman–Crippen MR) is 65.7 cm³/mol. The SMILES string of the molecule is CC(O)CCOc1ccc(F)cc1.CS(=O)(=O)O. The maximum atomic E-state index is 12.4. The largest absolute Gasteiger partial charge is 0.493 e. The summed E-state index contributed by atoms with van der Waals surface area (Å²) in [6.07, 6.45) is 0.935. The highest BCUT2D eigenvalue weighted by atomic mass is 32.2. The zero-order valence-electron chi connectivity index (χ0n) is 10.2. The van der Waals surface area contributed by atoms with Gasteiger partial charge in [-0.05, 0) is 31.2 Å². The molecule has 0 aliphatic heterocycles. The molecule has 1 aromatic carbocycles.